The molecule has 3 amide bonds. The Morgan fingerprint density at radius 3 is 2.65 bits per heavy atom. The van der Waals surface area contributed by atoms with Crippen molar-refractivity contribution in [3.63, 3.8) is 0 Å². The Hall–Kier alpha value is -3.92. The monoisotopic (exact) mass is 632 g/mol. The molecule has 0 aromatic carbocycles. The highest BCUT2D eigenvalue weighted by Crippen LogP contribution is 2.41. The zero-order valence-corrected chi connectivity index (χ0v) is 25.5. The largest absolute Gasteiger partial charge is 0.477 e. The number of aromatic nitrogens is 1. The summed E-state index contributed by atoms with van der Waals surface area (Å²) in [5.41, 5.74) is 5.42. The summed E-state index contributed by atoms with van der Waals surface area (Å²) in [5.74, 6) is -2.78. The quantitative estimate of drug-likeness (QED) is 0.110. The SMILES string of the molecule is CC(C)(C)OC(=O)CO/N=C(\C(=O)N[C@@H]1C(=O)N2C(C(=O)O)=C(/C=C3\CCN(CC4CC4)C3=O)CS[C@H]12)c1csc(N)n1. The second-order valence-electron chi connectivity index (χ2n) is 11.5. The molecule has 16 heteroatoms. The lowest BCUT2D eigenvalue weighted by Crippen LogP contribution is -2.71. The molecule has 4 N–H and O–H groups in total. The first kappa shape index (κ1) is 30.5. The number of nitrogens with one attached hydrogen (secondary N) is 1. The van der Waals surface area contributed by atoms with E-state index in [0.29, 0.717) is 36.6 Å². The number of carbonyl (C=O) groups excluding carboxylic acids is 4. The van der Waals surface area contributed by atoms with E-state index in [1.807, 2.05) is 0 Å². The zero-order chi connectivity index (χ0) is 31.1. The number of nitrogens with two attached hydrogens (primary N) is 1. The van der Waals surface area contributed by atoms with Gasteiger partial charge in [0.1, 0.15) is 28.4 Å². The fourth-order valence-corrected chi connectivity index (χ4v) is 6.74. The molecule has 14 nitrogen and oxygen atoms in total. The summed E-state index contributed by atoms with van der Waals surface area (Å²) in [7, 11) is 0. The van der Waals surface area contributed by atoms with Crippen molar-refractivity contribution >= 4 is 63.6 Å². The van der Waals surface area contributed by atoms with Crippen molar-refractivity contribution in [3.05, 3.63) is 34.0 Å². The van der Waals surface area contributed by atoms with Crippen LogP contribution in [0.5, 0.6) is 0 Å². The molecule has 2 saturated heterocycles. The summed E-state index contributed by atoms with van der Waals surface area (Å²) in [5, 5.41) is 17.3. The van der Waals surface area contributed by atoms with E-state index in [2.05, 4.69) is 15.5 Å². The smallest absolute Gasteiger partial charge is 0.352 e. The number of oxime groups is 1. The van der Waals surface area contributed by atoms with Gasteiger partial charge in [-0.25, -0.2) is 14.6 Å². The highest BCUT2D eigenvalue weighted by atomic mass is 32.2. The van der Waals surface area contributed by atoms with Crippen molar-refractivity contribution in [1.29, 1.82) is 0 Å². The number of hydrogen-bond acceptors (Lipinski definition) is 12. The van der Waals surface area contributed by atoms with Crippen LogP contribution < -0.4 is 11.1 Å². The second-order valence-corrected chi connectivity index (χ2v) is 13.5. The minimum absolute atomic E-state index is 0.0705. The number of amides is 3. The van der Waals surface area contributed by atoms with Crippen LogP contribution in [0, 0.1) is 5.92 Å². The van der Waals surface area contributed by atoms with Gasteiger partial charge in [-0.1, -0.05) is 5.16 Å². The van der Waals surface area contributed by atoms with Crippen LogP contribution in [0.15, 0.2) is 33.5 Å². The van der Waals surface area contributed by atoms with E-state index in [9.17, 15) is 29.1 Å². The third-order valence-corrected chi connectivity index (χ3v) is 8.94. The molecule has 2 atom stereocenters. The number of likely N-dealkylation sites (tertiary alicyclic amines) is 1. The van der Waals surface area contributed by atoms with Gasteiger partial charge >= 0.3 is 11.9 Å². The Morgan fingerprint density at radius 2 is 2.02 bits per heavy atom. The molecule has 230 valence electrons. The summed E-state index contributed by atoms with van der Waals surface area (Å²) >= 11 is 2.33. The van der Waals surface area contributed by atoms with Gasteiger partial charge in [-0.15, -0.1) is 23.1 Å². The number of carbonyl (C=O) groups is 5. The maximum atomic E-state index is 13.3. The van der Waals surface area contributed by atoms with Gasteiger partial charge in [0.15, 0.2) is 10.8 Å². The van der Waals surface area contributed by atoms with E-state index in [1.54, 1.807) is 31.7 Å². The maximum Gasteiger partial charge on any atom is 0.352 e. The average molecular weight is 633 g/mol. The van der Waals surface area contributed by atoms with E-state index in [-0.39, 0.29) is 33.9 Å². The number of aliphatic carboxylic acids is 1. The summed E-state index contributed by atoms with van der Waals surface area (Å²) < 4.78 is 5.16. The predicted octanol–water partition coefficient (Wildman–Crippen LogP) is 1.10. The van der Waals surface area contributed by atoms with Gasteiger partial charge in [-0.3, -0.25) is 19.3 Å². The predicted molar refractivity (Wildman–Crippen MR) is 157 cm³/mol. The van der Waals surface area contributed by atoms with Crippen molar-refractivity contribution in [2.45, 2.75) is 57.1 Å². The van der Waals surface area contributed by atoms with E-state index in [0.717, 1.165) is 29.1 Å². The molecule has 0 bridgehead atoms. The number of β-lactam (4-membered cyclic amide) rings is 1. The Bertz CT molecular complexity index is 1460. The molecule has 1 aromatic rings. The lowest BCUT2D eigenvalue weighted by molar-refractivity contribution is -0.160. The fourth-order valence-electron chi connectivity index (χ4n) is 4.88. The number of anilines is 1. The molecule has 4 aliphatic rings. The molecule has 3 fully saturated rings. The lowest BCUT2D eigenvalue weighted by Gasteiger charge is -2.49. The van der Waals surface area contributed by atoms with Crippen LogP contribution in [0.3, 0.4) is 0 Å². The number of hydrogen-bond donors (Lipinski definition) is 3. The van der Waals surface area contributed by atoms with Gasteiger partial charge < -0.3 is 30.6 Å². The topological polar surface area (TPSA) is 194 Å². The van der Waals surface area contributed by atoms with Crippen LogP contribution in [0.25, 0.3) is 0 Å². The van der Waals surface area contributed by atoms with E-state index in [1.165, 1.54) is 17.1 Å². The maximum absolute atomic E-state index is 13.3. The summed E-state index contributed by atoms with van der Waals surface area (Å²) in [6, 6.07) is -1.06. The van der Waals surface area contributed by atoms with Gasteiger partial charge in [-0.2, -0.15) is 0 Å². The Labute approximate surface area is 255 Å². The zero-order valence-electron chi connectivity index (χ0n) is 23.8. The van der Waals surface area contributed by atoms with Crippen molar-refractivity contribution in [3.8, 4) is 0 Å². The van der Waals surface area contributed by atoms with Crippen LogP contribution in [-0.2, 0) is 33.5 Å². The Kier molecular flexibility index (Phi) is 8.51. The summed E-state index contributed by atoms with van der Waals surface area (Å²) in [4.78, 5) is 75.7. The molecule has 0 radical (unpaired) electrons. The highest BCUT2D eigenvalue weighted by Gasteiger charge is 2.54. The molecule has 43 heavy (non-hydrogen) atoms. The normalized spacial score (nSPS) is 23.3. The van der Waals surface area contributed by atoms with Crippen LogP contribution in [0.1, 0.15) is 45.7 Å². The molecule has 5 rings (SSSR count). The van der Waals surface area contributed by atoms with Crippen molar-refractivity contribution in [1.82, 2.24) is 20.1 Å². The first-order valence-electron chi connectivity index (χ1n) is 13.7. The van der Waals surface area contributed by atoms with Crippen LogP contribution in [-0.4, -0.2) is 97.7 Å². The highest BCUT2D eigenvalue weighted by molar-refractivity contribution is 8.00. The van der Waals surface area contributed by atoms with E-state index < -0.39 is 47.4 Å². The van der Waals surface area contributed by atoms with Crippen molar-refractivity contribution in [2.24, 2.45) is 11.1 Å². The molecular formula is C27H32N6O8S2. The third kappa shape index (κ3) is 6.85. The minimum Gasteiger partial charge on any atom is -0.477 e. The Balaban J connectivity index is 1.29. The van der Waals surface area contributed by atoms with Crippen LogP contribution in [0.2, 0.25) is 0 Å². The molecule has 1 aliphatic carbocycles. The first-order valence-corrected chi connectivity index (χ1v) is 15.6. The number of esters is 1. The van der Waals surface area contributed by atoms with Crippen LogP contribution >= 0.6 is 23.1 Å². The third-order valence-electron chi connectivity index (χ3n) is 6.96. The van der Waals surface area contributed by atoms with E-state index >= 15 is 0 Å². The first-order chi connectivity index (χ1) is 20.3. The van der Waals surface area contributed by atoms with Gasteiger partial charge in [0, 0.05) is 29.8 Å². The molecule has 1 saturated carbocycles. The fraction of sp³-hybridized carbons (Fsp3) is 0.519. The van der Waals surface area contributed by atoms with Gasteiger partial charge in [0.25, 0.3) is 11.8 Å². The van der Waals surface area contributed by atoms with Crippen molar-refractivity contribution in [2.75, 3.05) is 31.2 Å². The average Bonchev–Trinajstić information content (AvgIpc) is 3.55. The number of allylic oxidation sites excluding steroid dienone is 1. The number of carboxylic acid groups (broad SMARTS) is 1. The van der Waals surface area contributed by atoms with Crippen molar-refractivity contribution < 1.29 is 38.7 Å². The van der Waals surface area contributed by atoms with Gasteiger partial charge in [0.2, 0.25) is 12.5 Å². The number of ether oxygens (including phenoxy) is 1. The number of thioether (sulfide) groups is 1. The minimum atomic E-state index is -1.30. The number of nitrogen functional groups attached to an aromatic ring is 1. The standard InChI is InChI=1S/C27H32N6O8S2/c1-27(2,3)41-17(34)10-40-31-18(16-12-43-26(28)29-16)21(35)30-19-23(37)33-20(25(38)39)15(11-42-24(19)33)8-14-6-7-32(22(14)36)9-13-4-5-13/h8,12-13,19,24H,4-7,9-11H2,1-3H3,(H2,28,29)(H,30,35)(H,38,39)/b14-8+,31-18-/t19-,24-/m1/s1. The number of rotatable bonds is 10. The lowest BCUT2D eigenvalue weighted by atomic mass is 10.0. The molecule has 1 aromatic heterocycles. The van der Waals surface area contributed by atoms with Gasteiger partial charge in [0.05, 0.1) is 0 Å². The second kappa shape index (κ2) is 12.0. The Morgan fingerprint density at radius 1 is 1.28 bits per heavy atom. The molecule has 3 aliphatic heterocycles. The number of thiazole rings is 1. The molecule has 4 heterocycles. The molecular weight excluding hydrogens is 600 g/mol. The number of carboxylic acids is 1. The molecule has 0 spiro atoms. The summed E-state index contributed by atoms with van der Waals surface area (Å²) in [6.45, 7) is 5.81. The number of fused-ring (bicyclic) bond motifs is 1. The number of nitrogens with zero attached hydrogens (tertiary/aromatic N) is 4. The van der Waals surface area contributed by atoms with E-state index in [4.69, 9.17) is 15.3 Å². The van der Waals surface area contributed by atoms with Gasteiger partial charge in [-0.05, 0) is 57.6 Å². The molecule has 0 unspecified atom stereocenters. The summed E-state index contributed by atoms with van der Waals surface area (Å²) in [6.07, 6.45) is 4.35. The van der Waals surface area contributed by atoms with Crippen LogP contribution in [0.4, 0.5) is 5.13 Å².